The highest BCUT2D eigenvalue weighted by Gasteiger charge is 2.19. The Morgan fingerprint density at radius 3 is 2.77 bits per heavy atom. The molecule has 0 aliphatic carbocycles. The zero-order valence-corrected chi connectivity index (χ0v) is 15.5. The molecule has 2 aromatic heterocycles. The van der Waals surface area contributed by atoms with Crippen molar-refractivity contribution >= 4 is 49.2 Å². The van der Waals surface area contributed by atoms with Crippen LogP contribution < -0.4 is 10.1 Å². The first-order valence-electron chi connectivity index (χ1n) is 8.24. The van der Waals surface area contributed by atoms with Crippen molar-refractivity contribution < 1.29 is 27.6 Å². The lowest BCUT2D eigenvalue weighted by Gasteiger charge is -2.08. The third-order valence-corrected chi connectivity index (χ3v) is 4.95. The number of amides is 1. The topological polar surface area (TPSA) is 107 Å². The summed E-state index contributed by atoms with van der Waals surface area (Å²) in [5.74, 6) is -4.99. The van der Waals surface area contributed by atoms with Crippen molar-refractivity contribution in [2.24, 2.45) is 0 Å². The van der Waals surface area contributed by atoms with Crippen LogP contribution in [0.15, 0.2) is 36.5 Å². The van der Waals surface area contributed by atoms with E-state index in [-0.39, 0.29) is 32.2 Å². The van der Waals surface area contributed by atoms with E-state index in [4.69, 9.17) is 4.74 Å². The number of nitro groups is 1. The maximum Gasteiger partial charge on any atom is 0.279 e. The van der Waals surface area contributed by atoms with Crippen LogP contribution in [0.2, 0.25) is 0 Å². The molecule has 0 radical (unpaired) electrons. The van der Waals surface area contributed by atoms with Gasteiger partial charge in [0.15, 0.2) is 29.2 Å². The van der Waals surface area contributed by atoms with Crippen LogP contribution in [0, 0.1) is 27.6 Å². The van der Waals surface area contributed by atoms with Gasteiger partial charge in [-0.1, -0.05) is 11.3 Å². The molecule has 0 spiro atoms. The Bertz CT molecular complexity index is 1330. The average Bonchev–Trinajstić information content (AvgIpc) is 3.12. The first-order valence-corrected chi connectivity index (χ1v) is 9.05. The maximum absolute atomic E-state index is 13.8. The fourth-order valence-electron chi connectivity index (χ4n) is 2.73. The molecule has 12 heteroatoms. The third-order valence-electron chi connectivity index (χ3n) is 4.03. The molecule has 30 heavy (non-hydrogen) atoms. The lowest BCUT2D eigenvalue weighted by molar-refractivity contribution is -0.383. The van der Waals surface area contributed by atoms with Crippen molar-refractivity contribution in [2.45, 2.75) is 0 Å². The summed E-state index contributed by atoms with van der Waals surface area (Å²) in [7, 11) is 0. The van der Waals surface area contributed by atoms with Crippen molar-refractivity contribution in [1.29, 1.82) is 0 Å². The quantitative estimate of drug-likeness (QED) is 0.287. The van der Waals surface area contributed by atoms with E-state index in [0.29, 0.717) is 0 Å². The zero-order valence-electron chi connectivity index (χ0n) is 14.7. The first-order chi connectivity index (χ1) is 14.3. The molecule has 0 atom stereocenters. The Morgan fingerprint density at radius 2 is 2.00 bits per heavy atom. The molecule has 0 saturated heterocycles. The number of hydrogen-bond donors (Lipinski definition) is 1. The Hall–Kier alpha value is -3.80. The van der Waals surface area contributed by atoms with Gasteiger partial charge in [0.2, 0.25) is 0 Å². The van der Waals surface area contributed by atoms with Crippen LogP contribution in [-0.2, 0) is 4.79 Å². The minimum Gasteiger partial charge on any atom is -0.481 e. The standard InChI is InChI=1S/C18H9F3N4O4S/c19-9-6-12-17(15(21)14(9)20)24-18(30-12)23-13(26)7-29-11-4-3-10(25(27)28)8-2-1-5-22-16(8)11/h1-6H,7H2,(H,23,24,26). The molecule has 1 N–H and O–H groups in total. The number of thiazole rings is 1. The number of carbonyl (C=O) groups excluding carboxylic acids is 1. The van der Waals surface area contributed by atoms with E-state index in [9.17, 15) is 28.1 Å². The summed E-state index contributed by atoms with van der Waals surface area (Å²) in [6.45, 7) is -0.509. The van der Waals surface area contributed by atoms with Crippen molar-refractivity contribution in [1.82, 2.24) is 9.97 Å². The number of non-ortho nitro benzene ring substituents is 1. The van der Waals surface area contributed by atoms with Gasteiger partial charge in [-0.2, -0.15) is 0 Å². The number of nitrogens with zero attached hydrogens (tertiary/aromatic N) is 3. The second-order valence-corrected chi connectivity index (χ2v) is 6.96. The number of carbonyl (C=O) groups is 1. The van der Waals surface area contributed by atoms with E-state index >= 15 is 0 Å². The van der Waals surface area contributed by atoms with E-state index in [1.165, 1.54) is 30.5 Å². The largest absolute Gasteiger partial charge is 0.481 e. The molecule has 8 nitrogen and oxygen atoms in total. The summed E-state index contributed by atoms with van der Waals surface area (Å²) in [6, 6.07) is 6.37. The van der Waals surface area contributed by atoms with Crippen LogP contribution in [0.5, 0.6) is 5.75 Å². The second-order valence-electron chi connectivity index (χ2n) is 5.93. The second kappa shape index (κ2) is 7.55. The van der Waals surface area contributed by atoms with E-state index in [2.05, 4.69) is 15.3 Å². The number of ether oxygens (including phenoxy) is 1. The summed E-state index contributed by atoms with van der Waals surface area (Å²) in [4.78, 5) is 30.5. The smallest absolute Gasteiger partial charge is 0.279 e. The molecular formula is C18H9F3N4O4S. The predicted octanol–water partition coefficient (Wildman–Crippen LogP) is 4.19. The van der Waals surface area contributed by atoms with Gasteiger partial charge in [-0.15, -0.1) is 0 Å². The summed E-state index contributed by atoms with van der Waals surface area (Å²) in [5.41, 5.74) is -0.362. The van der Waals surface area contributed by atoms with Gasteiger partial charge in [0.25, 0.3) is 11.6 Å². The number of pyridine rings is 1. The Kier molecular flexibility index (Phi) is 4.91. The molecule has 0 bridgehead atoms. The van der Waals surface area contributed by atoms with Crippen LogP contribution in [-0.4, -0.2) is 27.4 Å². The number of nitrogens with one attached hydrogen (secondary N) is 1. The van der Waals surface area contributed by atoms with Crippen molar-refractivity contribution in [3.05, 3.63) is 64.1 Å². The Morgan fingerprint density at radius 1 is 1.20 bits per heavy atom. The molecule has 0 aliphatic heterocycles. The van der Waals surface area contributed by atoms with E-state index in [1.807, 2.05) is 0 Å². The number of hydrogen-bond acceptors (Lipinski definition) is 7. The van der Waals surface area contributed by atoms with Crippen LogP contribution in [0.4, 0.5) is 24.0 Å². The number of rotatable bonds is 5. The first kappa shape index (κ1) is 19.5. The number of halogens is 3. The molecule has 0 unspecified atom stereocenters. The third kappa shape index (κ3) is 3.48. The highest BCUT2D eigenvalue weighted by molar-refractivity contribution is 7.22. The highest BCUT2D eigenvalue weighted by atomic mass is 32.1. The molecule has 0 aliphatic rings. The lowest BCUT2D eigenvalue weighted by Crippen LogP contribution is -2.20. The lowest BCUT2D eigenvalue weighted by atomic mass is 10.1. The van der Waals surface area contributed by atoms with Gasteiger partial charge in [-0.25, -0.2) is 18.2 Å². The molecule has 4 rings (SSSR count). The van der Waals surface area contributed by atoms with Gasteiger partial charge in [-0.05, 0) is 24.3 Å². The van der Waals surface area contributed by atoms with Crippen molar-refractivity contribution in [3.63, 3.8) is 0 Å². The molecule has 0 saturated carbocycles. The van der Waals surface area contributed by atoms with Crippen LogP contribution in [0.3, 0.4) is 0 Å². The number of benzene rings is 2. The molecular weight excluding hydrogens is 425 g/mol. The molecule has 1 amide bonds. The van der Waals surface area contributed by atoms with Gasteiger partial charge in [0.05, 0.1) is 15.0 Å². The van der Waals surface area contributed by atoms with E-state index < -0.39 is 40.4 Å². The van der Waals surface area contributed by atoms with Gasteiger partial charge in [0, 0.05) is 12.3 Å². The SMILES string of the molecule is O=C(COc1ccc([N+](=O)[O-])c2cccnc12)Nc1nc2c(F)c(F)c(F)cc2s1. The molecule has 2 heterocycles. The summed E-state index contributed by atoms with van der Waals surface area (Å²) in [6.07, 6.45) is 1.42. The van der Waals surface area contributed by atoms with Gasteiger partial charge < -0.3 is 4.74 Å². The fraction of sp³-hybridized carbons (Fsp3) is 0.0556. The minimum absolute atomic E-state index is 0.0215. The molecule has 0 fully saturated rings. The van der Waals surface area contributed by atoms with E-state index in [0.717, 1.165) is 17.4 Å². The average molecular weight is 434 g/mol. The van der Waals surface area contributed by atoms with Crippen molar-refractivity contribution in [3.8, 4) is 5.75 Å². The van der Waals surface area contributed by atoms with Gasteiger partial charge in [0.1, 0.15) is 16.8 Å². The van der Waals surface area contributed by atoms with Crippen LogP contribution >= 0.6 is 11.3 Å². The van der Waals surface area contributed by atoms with Crippen LogP contribution in [0.25, 0.3) is 21.1 Å². The normalized spacial score (nSPS) is 11.0. The monoisotopic (exact) mass is 434 g/mol. The summed E-state index contributed by atoms with van der Waals surface area (Å²) < 4.78 is 45.8. The highest BCUT2D eigenvalue weighted by Crippen LogP contribution is 2.32. The molecule has 2 aromatic carbocycles. The number of nitro benzene ring substituents is 1. The molecule has 4 aromatic rings. The van der Waals surface area contributed by atoms with Crippen LogP contribution in [0.1, 0.15) is 0 Å². The minimum atomic E-state index is -1.65. The van der Waals surface area contributed by atoms with E-state index in [1.54, 1.807) is 0 Å². The number of anilines is 1. The zero-order chi connectivity index (χ0) is 21.4. The number of fused-ring (bicyclic) bond motifs is 2. The number of aromatic nitrogens is 2. The summed E-state index contributed by atoms with van der Waals surface area (Å²) in [5, 5.41) is 13.6. The summed E-state index contributed by atoms with van der Waals surface area (Å²) >= 11 is 0.759. The fourth-order valence-corrected chi connectivity index (χ4v) is 3.64. The van der Waals surface area contributed by atoms with Gasteiger partial charge in [-0.3, -0.25) is 25.2 Å². The molecule has 152 valence electrons. The van der Waals surface area contributed by atoms with Gasteiger partial charge >= 0.3 is 0 Å². The Labute approximate surface area is 169 Å². The predicted molar refractivity (Wildman–Crippen MR) is 102 cm³/mol. The Balaban J connectivity index is 1.52. The van der Waals surface area contributed by atoms with Crippen molar-refractivity contribution in [2.75, 3.05) is 11.9 Å². The maximum atomic E-state index is 13.8.